The van der Waals surface area contributed by atoms with E-state index in [0.717, 1.165) is 29.6 Å². The normalized spacial score (nSPS) is 22.2. The Morgan fingerprint density at radius 3 is 1.19 bits per heavy atom. The van der Waals surface area contributed by atoms with Crippen molar-refractivity contribution in [2.75, 3.05) is 0 Å². The van der Waals surface area contributed by atoms with E-state index < -0.39 is 5.97 Å². The molecule has 1 N–H and O–H groups in total. The van der Waals surface area contributed by atoms with Crippen LogP contribution in [-0.4, -0.2) is 11.1 Å². The number of carbonyl (C=O) groups is 1. The summed E-state index contributed by atoms with van der Waals surface area (Å²) in [5, 5.41) is 9.39. The second-order valence-corrected chi connectivity index (χ2v) is 19.2. The molecule has 6 atom stereocenters. The van der Waals surface area contributed by atoms with Crippen molar-refractivity contribution in [3.63, 3.8) is 0 Å². The molecule has 53 heavy (non-hydrogen) atoms. The summed E-state index contributed by atoms with van der Waals surface area (Å²) in [4.78, 5) is 11.4. The van der Waals surface area contributed by atoms with Gasteiger partial charge in [0.05, 0.1) is 0 Å². The summed E-state index contributed by atoms with van der Waals surface area (Å²) in [6.07, 6.45) is 58.1. The highest BCUT2D eigenvalue weighted by Gasteiger charge is 2.41. The third-order valence-corrected chi connectivity index (χ3v) is 14.5. The van der Waals surface area contributed by atoms with Crippen LogP contribution < -0.4 is 0 Å². The fraction of sp³-hybridized carbons (Fsp3) is 0.980. The molecule has 0 heterocycles. The molecule has 0 radical (unpaired) electrons. The number of fused-ring (bicyclic) bond motifs is 1. The van der Waals surface area contributed by atoms with E-state index in [4.69, 9.17) is 0 Å². The molecule has 0 aliphatic heterocycles. The molecule has 2 saturated carbocycles. The lowest BCUT2D eigenvalue weighted by atomic mass is 9.58. The SMILES string of the molecule is CCCCCCCCCCCCCCCCCCCCCCCCCCCCCCCCCCCC(C)C1CCC2C(CC)CC(CC(=O)O)CC2C1. The molecule has 314 valence electrons. The standard InChI is InChI=1S/C51H98O2/c1-4-6-7-8-9-10-11-12-13-14-15-16-17-18-19-20-21-22-23-24-25-26-27-28-29-30-31-32-33-34-35-36-37-38-45(3)48-39-40-50-47(5-2)41-46(43-51(52)53)42-49(50)44-48/h45-50H,4-44H2,1-3H3,(H,52,53). The topological polar surface area (TPSA) is 37.3 Å². The van der Waals surface area contributed by atoms with Gasteiger partial charge in [-0.15, -0.1) is 0 Å². The summed E-state index contributed by atoms with van der Waals surface area (Å²) in [7, 11) is 0. The number of rotatable bonds is 38. The molecule has 2 rings (SSSR count). The van der Waals surface area contributed by atoms with Gasteiger partial charge in [-0.1, -0.05) is 245 Å². The van der Waals surface area contributed by atoms with Gasteiger partial charge in [0.25, 0.3) is 0 Å². The predicted molar refractivity (Wildman–Crippen MR) is 235 cm³/mol. The molecular formula is C51H98O2. The lowest BCUT2D eigenvalue weighted by Gasteiger charge is -2.47. The van der Waals surface area contributed by atoms with Crippen molar-refractivity contribution in [1.82, 2.24) is 0 Å². The molecule has 6 unspecified atom stereocenters. The summed E-state index contributed by atoms with van der Waals surface area (Å²) in [6.45, 7) is 7.18. The van der Waals surface area contributed by atoms with Crippen molar-refractivity contribution < 1.29 is 9.90 Å². The van der Waals surface area contributed by atoms with Gasteiger partial charge in [0.2, 0.25) is 0 Å². The zero-order valence-corrected chi connectivity index (χ0v) is 36.8. The zero-order valence-electron chi connectivity index (χ0n) is 36.8. The van der Waals surface area contributed by atoms with Crippen LogP contribution in [0.4, 0.5) is 0 Å². The predicted octanol–water partition coefficient (Wildman–Crippen LogP) is 17.8. The minimum atomic E-state index is -0.583. The third kappa shape index (κ3) is 26.1. The van der Waals surface area contributed by atoms with Crippen molar-refractivity contribution in [3.05, 3.63) is 0 Å². The van der Waals surface area contributed by atoms with Gasteiger partial charge < -0.3 is 5.11 Å². The highest BCUT2D eigenvalue weighted by Crippen LogP contribution is 2.51. The first-order valence-corrected chi connectivity index (χ1v) is 25.3. The van der Waals surface area contributed by atoms with Crippen molar-refractivity contribution >= 4 is 5.97 Å². The molecule has 2 aliphatic rings. The Hall–Kier alpha value is -0.530. The van der Waals surface area contributed by atoms with E-state index in [1.165, 1.54) is 257 Å². The molecule has 0 spiro atoms. The smallest absolute Gasteiger partial charge is 0.303 e. The highest BCUT2D eigenvalue weighted by atomic mass is 16.4. The Kier molecular flexibility index (Phi) is 31.8. The maximum absolute atomic E-state index is 11.4. The highest BCUT2D eigenvalue weighted by molar-refractivity contribution is 5.67. The summed E-state index contributed by atoms with van der Waals surface area (Å²) in [6, 6.07) is 0. The van der Waals surface area contributed by atoms with Crippen LogP contribution in [0.25, 0.3) is 0 Å². The number of carboxylic acid groups (broad SMARTS) is 1. The Morgan fingerprint density at radius 2 is 0.849 bits per heavy atom. The number of unbranched alkanes of at least 4 members (excludes halogenated alkanes) is 32. The summed E-state index contributed by atoms with van der Waals surface area (Å²) < 4.78 is 0. The Labute approximate surface area is 334 Å². The van der Waals surface area contributed by atoms with Gasteiger partial charge in [-0.05, 0) is 67.6 Å². The van der Waals surface area contributed by atoms with E-state index >= 15 is 0 Å². The molecule has 0 aromatic heterocycles. The number of aliphatic carboxylic acids is 1. The third-order valence-electron chi connectivity index (χ3n) is 14.5. The molecule has 0 amide bonds. The van der Waals surface area contributed by atoms with E-state index in [1.807, 2.05) is 0 Å². The van der Waals surface area contributed by atoms with Crippen LogP contribution in [0.5, 0.6) is 0 Å². The van der Waals surface area contributed by atoms with Crippen molar-refractivity contribution in [3.8, 4) is 0 Å². The second kappa shape index (κ2) is 34.7. The number of hydrogen-bond acceptors (Lipinski definition) is 1. The van der Waals surface area contributed by atoms with E-state index in [1.54, 1.807) is 0 Å². The quantitative estimate of drug-likeness (QED) is 0.0640. The Bertz CT molecular complexity index is 791. The van der Waals surface area contributed by atoms with Crippen LogP contribution >= 0.6 is 0 Å². The lowest BCUT2D eigenvalue weighted by molar-refractivity contribution is -0.139. The fourth-order valence-electron chi connectivity index (χ4n) is 11.0. The van der Waals surface area contributed by atoms with Crippen molar-refractivity contribution in [1.29, 1.82) is 0 Å². The van der Waals surface area contributed by atoms with Gasteiger partial charge in [-0.3, -0.25) is 4.79 Å². The first kappa shape index (κ1) is 48.6. The average molecular weight is 743 g/mol. The van der Waals surface area contributed by atoms with Gasteiger partial charge in [-0.2, -0.15) is 0 Å². The van der Waals surface area contributed by atoms with E-state index in [2.05, 4.69) is 20.8 Å². The van der Waals surface area contributed by atoms with Crippen LogP contribution in [0.1, 0.15) is 284 Å². The van der Waals surface area contributed by atoms with Gasteiger partial charge in [-0.25, -0.2) is 0 Å². The van der Waals surface area contributed by atoms with E-state index in [0.29, 0.717) is 12.3 Å². The fourth-order valence-corrected chi connectivity index (χ4v) is 11.0. The molecule has 0 aromatic rings. The first-order chi connectivity index (χ1) is 26.0. The minimum absolute atomic E-state index is 0.402. The summed E-state index contributed by atoms with van der Waals surface area (Å²) in [5.41, 5.74) is 0. The van der Waals surface area contributed by atoms with Crippen molar-refractivity contribution in [2.45, 2.75) is 284 Å². The number of hydrogen-bond donors (Lipinski definition) is 1. The molecule has 0 saturated heterocycles. The van der Waals surface area contributed by atoms with Crippen LogP contribution in [0.15, 0.2) is 0 Å². The van der Waals surface area contributed by atoms with Crippen molar-refractivity contribution in [2.24, 2.45) is 35.5 Å². The average Bonchev–Trinajstić information content (AvgIpc) is 3.15. The van der Waals surface area contributed by atoms with Gasteiger partial charge >= 0.3 is 5.97 Å². The van der Waals surface area contributed by atoms with Crippen LogP contribution in [0.3, 0.4) is 0 Å². The summed E-state index contributed by atoms with van der Waals surface area (Å²) in [5.74, 6) is 4.06. The van der Waals surface area contributed by atoms with Crippen LogP contribution in [0.2, 0.25) is 0 Å². The molecule has 0 bridgehead atoms. The lowest BCUT2D eigenvalue weighted by Crippen LogP contribution is -2.38. The molecule has 2 nitrogen and oxygen atoms in total. The molecular weight excluding hydrogens is 645 g/mol. The van der Waals surface area contributed by atoms with Gasteiger partial charge in [0.1, 0.15) is 0 Å². The zero-order chi connectivity index (χ0) is 38.0. The van der Waals surface area contributed by atoms with Crippen LogP contribution in [-0.2, 0) is 4.79 Å². The monoisotopic (exact) mass is 743 g/mol. The maximum Gasteiger partial charge on any atom is 0.303 e. The molecule has 2 fully saturated rings. The van der Waals surface area contributed by atoms with Gasteiger partial charge in [0.15, 0.2) is 0 Å². The number of carboxylic acids is 1. The first-order valence-electron chi connectivity index (χ1n) is 25.3. The molecule has 0 aromatic carbocycles. The van der Waals surface area contributed by atoms with E-state index in [-0.39, 0.29) is 0 Å². The van der Waals surface area contributed by atoms with Gasteiger partial charge in [0, 0.05) is 6.42 Å². The van der Waals surface area contributed by atoms with E-state index in [9.17, 15) is 9.90 Å². The Morgan fingerprint density at radius 1 is 0.491 bits per heavy atom. The van der Waals surface area contributed by atoms with Crippen LogP contribution in [0, 0.1) is 35.5 Å². The Balaban J connectivity index is 1.24. The summed E-state index contributed by atoms with van der Waals surface area (Å²) >= 11 is 0. The molecule has 2 heteroatoms. The molecule has 2 aliphatic carbocycles. The largest absolute Gasteiger partial charge is 0.481 e. The second-order valence-electron chi connectivity index (χ2n) is 19.2. The maximum atomic E-state index is 11.4. The minimum Gasteiger partial charge on any atom is -0.481 e.